The van der Waals surface area contributed by atoms with E-state index in [2.05, 4.69) is 5.32 Å². The van der Waals surface area contributed by atoms with Crippen molar-refractivity contribution < 1.29 is 45.4 Å². The molecule has 1 atom stereocenters. The Morgan fingerprint density at radius 1 is 1.18 bits per heavy atom. The summed E-state index contributed by atoms with van der Waals surface area (Å²) in [4.78, 5) is 10.2. The predicted molar refractivity (Wildman–Crippen MR) is 107 cm³/mol. The molecule has 0 aliphatic carbocycles. The van der Waals surface area contributed by atoms with E-state index in [9.17, 15) is 30.8 Å². The van der Waals surface area contributed by atoms with Crippen molar-refractivity contribution in [3.05, 3.63) is 47.8 Å². The molecule has 0 spiro atoms. The summed E-state index contributed by atoms with van der Waals surface area (Å²) in [5.41, 5.74) is -1.73. The maximum absolute atomic E-state index is 13.7. The molecule has 33 heavy (non-hydrogen) atoms. The fraction of sp³-hybridized carbons (Fsp3) is 0.350. The molecular formula is C20H18F4N2O6S. The quantitative estimate of drug-likeness (QED) is 0.616. The number of benzene rings is 2. The number of halogens is 4. The third kappa shape index (κ3) is 4.69. The molecular weight excluding hydrogens is 472 g/mol. The van der Waals surface area contributed by atoms with Crippen LogP contribution >= 0.6 is 0 Å². The summed E-state index contributed by atoms with van der Waals surface area (Å²) in [7, 11) is -4.60. The first-order chi connectivity index (χ1) is 15.4. The summed E-state index contributed by atoms with van der Waals surface area (Å²) >= 11 is 0. The molecule has 1 amide bonds. The molecule has 13 heteroatoms. The van der Waals surface area contributed by atoms with Crippen LogP contribution in [0.3, 0.4) is 0 Å². The van der Waals surface area contributed by atoms with Crippen LogP contribution in [-0.4, -0.2) is 45.5 Å². The minimum Gasteiger partial charge on any atom is -0.486 e. The standard InChI is InChI=1S/C20H18F4N2O6S/c21-16-3-2-14(7-15(16)20(22,23)24)33(29,30)26-8-13(5-11-9-31-10-11)32-18-4-1-12(6-17(18)26)25-19(27)28/h1-4,6-7,11,13,25H,5,8-10H2,(H,27,28). The lowest BCUT2D eigenvalue weighted by molar-refractivity contribution is -0.140. The van der Waals surface area contributed by atoms with Crippen LogP contribution in [0.5, 0.6) is 5.75 Å². The molecule has 0 aromatic heterocycles. The Morgan fingerprint density at radius 2 is 1.91 bits per heavy atom. The first kappa shape index (κ1) is 23.1. The van der Waals surface area contributed by atoms with Gasteiger partial charge in [0, 0.05) is 11.6 Å². The molecule has 2 aromatic rings. The summed E-state index contributed by atoms with van der Waals surface area (Å²) in [5, 5.41) is 11.0. The predicted octanol–water partition coefficient (Wildman–Crippen LogP) is 3.93. The van der Waals surface area contributed by atoms with E-state index in [1.54, 1.807) is 0 Å². The normalized spacial score (nSPS) is 18.8. The average Bonchev–Trinajstić information content (AvgIpc) is 2.69. The van der Waals surface area contributed by atoms with Crippen molar-refractivity contribution in [1.82, 2.24) is 0 Å². The van der Waals surface area contributed by atoms with Gasteiger partial charge in [0.25, 0.3) is 10.0 Å². The summed E-state index contributed by atoms with van der Waals surface area (Å²) in [6, 6.07) is 5.39. The smallest absolute Gasteiger partial charge is 0.419 e. The van der Waals surface area contributed by atoms with Crippen molar-refractivity contribution in [1.29, 1.82) is 0 Å². The first-order valence-electron chi connectivity index (χ1n) is 9.73. The zero-order valence-corrected chi connectivity index (χ0v) is 17.6. The number of anilines is 2. The molecule has 2 heterocycles. The Labute approximate surface area is 185 Å². The fourth-order valence-electron chi connectivity index (χ4n) is 3.67. The minimum absolute atomic E-state index is 0.0333. The second kappa shape index (κ2) is 8.37. The number of carboxylic acid groups (broad SMARTS) is 1. The Bertz CT molecular complexity index is 1180. The zero-order valence-electron chi connectivity index (χ0n) is 16.8. The van der Waals surface area contributed by atoms with E-state index in [1.807, 2.05) is 0 Å². The van der Waals surface area contributed by atoms with Crippen molar-refractivity contribution in [3.8, 4) is 5.75 Å². The zero-order chi connectivity index (χ0) is 24.0. The van der Waals surface area contributed by atoms with Crippen LogP contribution in [0.2, 0.25) is 0 Å². The molecule has 2 aromatic carbocycles. The fourth-order valence-corrected chi connectivity index (χ4v) is 5.19. The van der Waals surface area contributed by atoms with E-state index >= 15 is 0 Å². The molecule has 4 rings (SSSR count). The molecule has 1 fully saturated rings. The minimum atomic E-state index is -5.09. The number of fused-ring (bicyclic) bond motifs is 1. The van der Waals surface area contributed by atoms with Gasteiger partial charge in [-0.05, 0) is 42.8 Å². The SMILES string of the molecule is O=C(O)Nc1ccc2c(c1)N(S(=O)(=O)c1ccc(F)c(C(F)(F)F)c1)CC(CC1COC1)O2. The molecule has 178 valence electrons. The van der Waals surface area contributed by atoms with Gasteiger partial charge in [0.2, 0.25) is 0 Å². The maximum Gasteiger partial charge on any atom is 0.419 e. The van der Waals surface area contributed by atoms with Crippen molar-refractivity contribution >= 4 is 27.5 Å². The summed E-state index contributed by atoms with van der Waals surface area (Å²) in [5.74, 6) is -1.35. The van der Waals surface area contributed by atoms with E-state index in [-0.39, 0.29) is 35.7 Å². The molecule has 0 radical (unpaired) electrons. The number of carbonyl (C=O) groups is 1. The molecule has 1 saturated heterocycles. The highest BCUT2D eigenvalue weighted by Crippen LogP contribution is 2.41. The third-order valence-corrected chi connectivity index (χ3v) is 7.05. The van der Waals surface area contributed by atoms with Gasteiger partial charge in [0.15, 0.2) is 0 Å². The molecule has 0 bridgehead atoms. The van der Waals surface area contributed by atoms with Gasteiger partial charge in [-0.3, -0.25) is 9.62 Å². The van der Waals surface area contributed by atoms with Crippen molar-refractivity contribution in [3.63, 3.8) is 0 Å². The van der Waals surface area contributed by atoms with Gasteiger partial charge < -0.3 is 14.6 Å². The van der Waals surface area contributed by atoms with Crippen LogP contribution in [0.4, 0.5) is 33.7 Å². The van der Waals surface area contributed by atoms with Crippen LogP contribution in [-0.2, 0) is 20.9 Å². The van der Waals surface area contributed by atoms with Crippen LogP contribution in [0, 0.1) is 11.7 Å². The van der Waals surface area contributed by atoms with Crippen LogP contribution in [0.25, 0.3) is 0 Å². The Kier molecular flexibility index (Phi) is 5.86. The van der Waals surface area contributed by atoms with Crippen LogP contribution < -0.4 is 14.4 Å². The van der Waals surface area contributed by atoms with Gasteiger partial charge in [-0.2, -0.15) is 13.2 Å². The maximum atomic E-state index is 13.7. The van der Waals surface area contributed by atoms with Gasteiger partial charge in [0.1, 0.15) is 17.7 Å². The van der Waals surface area contributed by atoms with Gasteiger partial charge in [-0.25, -0.2) is 17.6 Å². The Morgan fingerprint density at radius 3 is 2.52 bits per heavy atom. The average molecular weight is 490 g/mol. The Hall–Kier alpha value is -3.06. The van der Waals surface area contributed by atoms with Gasteiger partial charge in [-0.15, -0.1) is 0 Å². The second-order valence-corrected chi connectivity index (χ2v) is 9.53. The molecule has 2 aliphatic heterocycles. The monoisotopic (exact) mass is 490 g/mol. The van der Waals surface area contributed by atoms with E-state index in [1.165, 1.54) is 18.2 Å². The lowest BCUT2D eigenvalue weighted by Crippen LogP contribution is -2.46. The van der Waals surface area contributed by atoms with Gasteiger partial charge in [-0.1, -0.05) is 0 Å². The van der Waals surface area contributed by atoms with E-state index in [0.29, 0.717) is 25.7 Å². The molecule has 2 aliphatic rings. The third-order valence-electron chi connectivity index (χ3n) is 5.28. The topological polar surface area (TPSA) is 105 Å². The van der Waals surface area contributed by atoms with Gasteiger partial charge in [0.05, 0.1) is 35.9 Å². The number of hydrogen-bond donors (Lipinski definition) is 2. The molecule has 1 unspecified atom stereocenters. The largest absolute Gasteiger partial charge is 0.486 e. The van der Waals surface area contributed by atoms with Crippen LogP contribution in [0.1, 0.15) is 12.0 Å². The highest BCUT2D eigenvalue weighted by Gasteiger charge is 2.39. The highest BCUT2D eigenvalue weighted by molar-refractivity contribution is 7.92. The number of nitrogens with zero attached hydrogens (tertiary/aromatic N) is 1. The number of rotatable bonds is 5. The lowest BCUT2D eigenvalue weighted by atomic mass is 9.99. The summed E-state index contributed by atoms with van der Waals surface area (Å²) in [6.45, 7) is 0.725. The van der Waals surface area contributed by atoms with Crippen molar-refractivity contribution in [2.45, 2.75) is 23.6 Å². The first-order valence-corrected chi connectivity index (χ1v) is 11.2. The number of amides is 1. The molecule has 8 nitrogen and oxygen atoms in total. The molecule has 2 N–H and O–H groups in total. The molecule has 0 saturated carbocycles. The van der Waals surface area contributed by atoms with E-state index in [4.69, 9.17) is 14.6 Å². The highest BCUT2D eigenvalue weighted by atomic mass is 32.2. The van der Waals surface area contributed by atoms with Crippen molar-refractivity contribution in [2.24, 2.45) is 5.92 Å². The Balaban J connectivity index is 1.77. The van der Waals surface area contributed by atoms with Gasteiger partial charge >= 0.3 is 12.3 Å². The second-order valence-electron chi connectivity index (χ2n) is 7.67. The lowest BCUT2D eigenvalue weighted by Gasteiger charge is -2.38. The number of ether oxygens (including phenoxy) is 2. The summed E-state index contributed by atoms with van der Waals surface area (Å²) in [6.07, 6.45) is -6.67. The number of alkyl halides is 3. The van der Waals surface area contributed by atoms with Crippen molar-refractivity contribution in [2.75, 3.05) is 29.4 Å². The summed E-state index contributed by atoms with van der Waals surface area (Å²) < 4.78 is 92.0. The van der Waals surface area contributed by atoms with E-state index in [0.717, 1.165) is 10.4 Å². The van der Waals surface area contributed by atoms with Crippen LogP contribution in [0.15, 0.2) is 41.3 Å². The van der Waals surface area contributed by atoms with E-state index < -0.39 is 44.7 Å². The number of sulfonamides is 1. The number of nitrogens with one attached hydrogen (secondary N) is 1. The number of hydrogen-bond acceptors (Lipinski definition) is 5.